The molecule has 1 saturated heterocycles. The predicted octanol–water partition coefficient (Wildman–Crippen LogP) is 3.23. The molecule has 0 unspecified atom stereocenters. The van der Waals surface area contributed by atoms with Crippen molar-refractivity contribution >= 4 is 12.3 Å². The molecule has 0 atom stereocenters. The number of rotatable bonds is 1. The summed E-state index contributed by atoms with van der Waals surface area (Å²) in [6, 6.07) is 9.37. The first kappa shape index (κ1) is 17.8. The number of fused-ring (bicyclic) bond motifs is 4. The van der Waals surface area contributed by atoms with E-state index in [0.717, 1.165) is 16.9 Å². The van der Waals surface area contributed by atoms with Crippen LogP contribution in [0.1, 0.15) is 24.1 Å². The molecule has 1 fully saturated rings. The van der Waals surface area contributed by atoms with E-state index < -0.39 is 22.2 Å². The van der Waals surface area contributed by atoms with Crippen molar-refractivity contribution in [3.8, 4) is 11.4 Å². The van der Waals surface area contributed by atoms with Crippen LogP contribution in [0.25, 0.3) is 5.69 Å². The molecule has 0 aliphatic carbocycles. The lowest BCUT2D eigenvalue weighted by Crippen LogP contribution is -2.64. The van der Waals surface area contributed by atoms with Gasteiger partial charge in [0.15, 0.2) is 5.60 Å². The number of carbonyl (C=O) groups is 2. The minimum atomic E-state index is -5.05. The van der Waals surface area contributed by atoms with Crippen LogP contribution in [-0.4, -0.2) is 40.6 Å². The van der Waals surface area contributed by atoms with E-state index in [2.05, 4.69) is 0 Å². The molecule has 27 heavy (non-hydrogen) atoms. The Morgan fingerprint density at radius 3 is 2.52 bits per heavy atom. The van der Waals surface area contributed by atoms with Crippen molar-refractivity contribution in [2.24, 2.45) is 0 Å². The number of halogens is 3. The maximum Gasteiger partial charge on any atom is 0.510 e. The zero-order chi connectivity index (χ0) is 19.4. The number of likely N-dealkylation sites (tertiary alicyclic amines) is 1. The van der Waals surface area contributed by atoms with Gasteiger partial charge in [0.2, 0.25) is 0 Å². The van der Waals surface area contributed by atoms with Crippen molar-refractivity contribution < 1.29 is 32.0 Å². The van der Waals surface area contributed by atoms with E-state index in [9.17, 15) is 22.8 Å². The summed E-state index contributed by atoms with van der Waals surface area (Å²) in [5.41, 5.74) is 1.82. The number of aryl methyl sites for hydroxylation is 1. The number of ether oxygens (including phenoxy) is 1. The molecule has 3 heterocycles. The molecular weight excluding hydrogens is 361 g/mol. The molecule has 1 aromatic heterocycles. The Hall–Kier alpha value is -2.61. The number of alkyl halides is 3. The summed E-state index contributed by atoms with van der Waals surface area (Å²) in [5.74, 6) is -1.38. The van der Waals surface area contributed by atoms with E-state index in [4.69, 9.17) is 4.74 Å². The fourth-order valence-corrected chi connectivity index (χ4v) is 4.26. The van der Waals surface area contributed by atoms with Crippen molar-refractivity contribution in [2.45, 2.75) is 31.5 Å². The van der Waals surface area contributed by atoms with Crippen molar-refractivity contribution in [3.63, 3.8) is 0 Å². The average molecular weight is 379 g/mol. The molecule has 5 nitrogen and oxygen atoms in total. The summed E-state index contributed by atoms with van der Waals surface area (Å²) in [6.07, 6.45) is -2.77. The summed E-state index contributed by atoms with van der Waals surface area (Å²) in [4.78, 5) is 23.4. The van der Waals surface area contributed by atoms with E-state index in [0.29, 0.717) is 5.75 Å². The maximum atomic E-state index is 13.0. The number of imide groups is 1. The zero-order valence-corrected chi connectivity index (χ0v) is 14.6. The minimum Gasteiger partial charge on any atom is -0.478 e. The Balaban J connectivity index is 1.74. The molecular formula is C19H18F3N2O3+. The van der Waals surface area contributed by atoms with E-state index in [-0.39, 0.29) is 32.3 Å². The van der Waals surface area contributed by atoms with E-state index in [1.54, 1.807) is 0 Å². The Kier molecular flexibility index (Phi) is 3.75. The highest BCUT2D eigenvalue weighted by molar-refractivity contribution is 5.81. The van der Waals surface area contributed by atoms with Gasteiger partial charge in [-0.2, -0.15) is 17.7 Å². The second kappa shape index (κ2) is 5.69. The molecule has 2 aliphatic rings. The highest BCUT2D eigenvalue weighted by atomic mass is 19.4. The first-order chi connectivity index (χ1) is 12.7. The van der Waals surface area contributed by atoms with Crippen LogP contribution in [0.15, 0.2) is 36.5 Å². The third-order valence-electron chi connectivity index (χ3n) is 5.63. The third-order valence-corrected chi connectivity index (χ3v) is 5.63. The van der Waals surface area contributed by atoms with Crippen molar-refractivity contribution in [2.75, 3.05) is 13.1 Å². The van der Waals surface area contributed by atoms with Crippen LogP contribution >= 0.6 is 0 Å². The Bertz CT molecular complexity index is 925. The Labute approximate surface area is 153 Å². The van der Waals surface area contributed by atoms with Gasteiger partial charge in [-0.25, -0.2) is 9.59 Å². The van der Waals surface area contributed by atoms with Gasteiger partial charge in [-0.05, 0) is 30.7 Å². The maximum absolute atomic E-state index is 13.0. The van der Waals surface area contributed by atoms with E-state index in [1.165, 1.54) is 0 Å². The summed E-state index contributed by atoms with van der Waals surface area (Å²) in [6.45, 7) is 1.41. The SMILES string of the molecule is Cc1ccn2c1C1(CC[N+](C=O)(C(=O)C(F)(F)F)CC1)Oc1ccccc1-2. The molecule has 4 rings (SSSR count). The number of hydrogen-bond donors (Lipinski definition) is 0. The van der Waals surface area contributed by atoms with Crippen molar-refractivity contribution in [1.29, 1.82) is 0 Å². The monoisotopic (exact) mass is 379 g/mol. The smallest absolute Gasteiger partial charge is 0.478 e. The number of aromatic nitrogens is 1. The van der Waals surface area contributed by atoms with Gasteiger partial charge >= 0.3 is 18.5 Å². The Morgan fingerprint density at radius 1 is 1.22 bits per heavy atom. The number of carbonyl (C=O) groups excluding carboxylic acids is 2. The number of piperidine rings is 1. The minimum absolute atomic E-state index is 0.116. The average Bonchev–Trinajstić information content (AvgIpc) is 3.05. The first-order valence-electron chi connectivity index (χ1n) is 8.64. The van der Waals surface area contributed by atoms with Crippen LogP contribution in [0.5, 0.6) is 5.75 Å². The van der Waals surface area contributed by atoms with Crippen LogP contribution in [0, 0.1) is 6.92 Å². The Morgan fingerprint density at radius 2 is 1.89 bits per heavy atom. The summed E-state index contributed by atoms with van der Waals surface area (Å²) in [5, 5.41) is 0. The molecule has 2 amide bonds. The van der Waals surface area contributed by atoms with Gasteiger partial charge in [0.25, 0.3) is 0 Å². The number of quaternary nitrogens is 1. The van der Waals surface area contributed by atoms with Gasteiger partial charge in [0.1, 0.15) is 5.75 Å². The van der Waals surface area contributed by atoms with Crippen LogP contribution in [0.2, 0.25) is 0 Å². The summed E-state index contributed by atoms with van der Waals surface area (Å²) < 4.78 is 46.0. The van der Waals surface area contributed by atoms with Gasteiger partial charge in [0.05, 0.1) is 24.5 Å². The number of nitrogens with zero attached hydrogens (tertiary/aromatic N) is 2. The second-order valence-electron chi connectivity index (χ2n) is 7.17. The summed E-state index contributed by atoms with van der Waals surface area (Å²) in [7, 11) is 0. The lowest BCUT2D eigenvalue weighted by atomic mass is 9.83. The number of benzene rings is 1. The molecule has 142 valence electrons. The second-order valence-corrected chi connectivity index (χ2v) is 7.17. The molecule has 0 radical (unpaired) electrons. The fourth-order valence-electron chi connectivity index (χ4n) is 4.26. The van der Waals surface area contributed by atoms with E-state index >= 15 is 0 Å². The van der Waals surface area contributed by atoms with Gasteiger partial charge in [-0.1, -0.05) is 12.1 Å². The normalized spacial score (nSPS) is 26.8. The zero-order valence-electron chi connectivity index (χ0n) is 14.6. The lowest BCUT2D eigenvalue weighted by Gasteiger charge is -2.46. The van der Waals surface area contributed by atoms with Crippen molar-refractivity contribution in [3.05, 3.63) is 47.8 Å². The highest BCUT2D eigenvalue weighted by Crippen LogP contribution is 2.47. The van der Waals surface area contributed by atoms with Crippen molar-refractivity contribution in [1.82, 2.24) is 4.57 Å². The van der Waals surface area contributed by atoms with Crippen LogP contribution < -0.4 is 4.74 Å². The summed E-state index contributed by atoms with van der Waals surface area (Å²) >= 11 is 0. The third kappa shape index (κ3) is 2.50. The molecule has 2 aliphatic heterocycles. The number of para-hydroxylation sites is 2. The first-order valence-corrected chi connectivity index (χ1v) is 8.64. The highest BCUT2D eigenvalue weighted by Gasteiger charge is 2.59. The van der Waals surface area contributed by atoms with Crippen LogP contribution in [0.4, 0.5) is 13.2 Å². The van der Waals surface area contributed by atoms with Gasteiger partial charge in [0, 0.05) is 19.0 Å². The van der Waals surface area contributed by atoms with Gasteiger partial charge < -0.3 is 9.30 Å². The number of amides is 2. The molecule has 0 bridgehead atoms. The van der Waals surface area contributed by atoms with Crippen LogP contribution in [-0.2, 0) is 15.2 Å². The van der Waals surface area contributed by atoms with Gasteiger partial charge in [-0.15, -0.1) is 0 Å². The topological polar surface area (TPSA) is 48.3 Å². The van der Waals surface area contributed by atoms with E-state index in [1.807, 2.05) is 48.0 Å². The van der Waals surface area contributed by atoms with Gasteiger partial charge in [-0.3, -0.25) is 0 Å². The quantitative estimate of drug-likeness (QED) is 0.565. The molecule has 1 aromatic carbocycles. The lowest BCUT2D eigenvalue weighted by molar-refractivity contribution is -0.785. The molecule has 8 heteroatoms. The predicted molar refractivity (Wildman–Crippen MR) is 89.2 cm³/mol. The fraction of sp³-hybridized carbons (Fsp3) is 0.368. The molecule has 0 saturated carbocycles. The molecule has 0 N–H and O–H groups in total. The number of hydrogen-bond acceptors (Lipinski definition) is 3. The standard InChI is InChI=1S/C19H18F3N2O3/c1-13-6-9-23-14-4-2-3-5-15(14)27-18(16(13)23)7-10-24(12-25,11-8-18)17(26)19(20,21)22/h2-6,9,12H,7-8,10-11H2,1H3/q+1. The molecule has 1 spiro atoms. The van der Waals surface area contributed by atoms with Crippen LogP contribution in [0.3, 0.4) is 0 Å². The largest absolute Gasteiger partial charge is 0.510 e. The molecule has 2 aromatic rings.